The second-order valence-corrected chi connectivity index (χ2v) is 7.17. The Bertz CT molecular complexity index is 1270. The molecule has 4 heterocycles. The average molecular weight is 446 g/mol. The molecule has 1 aliphatic heterocycles. The van der Waals surface area contributed by atoms with Gasteiger partial charge in [-0.1, -0.05) is 0 Å². The molecule has 164 valence electrons. The molecule has 0 radical (unpaired) electrons. The monoisotopic (exact) mass is 446 g/mol. The molecule has 1 aliphatic rings. The maximum atomic E-state index is 14.6. The molecule has 0 aliphatic carbocycles. The fourth-order valence-electron chi connectivity index (χ4n) is 3.34. The first-order chi connectivity index (χ1) is 15.1. The molecule has 0 spiro atoms. The highest BCUT2D eigenvalue weighted by atomic mass is 19.4. The Morgan fingerprint density at radius 3 is 2.72 bits per heavy atom. The molecule has 9 nitrogen and oxygen atoms in total. The fraction of sp³-hybridized carbons (Fsp3) is 0.263. The molecular weight excluding hydrogens is 432 g/mol. The number of hydrogen-bond acceptors (Lipinski definition) is 9. The quantitative estimate of drug-likeness (QED) is 0.463. The van der Waals surface area contributed by atoms with Gasteiger partial charge in [-0.3, -0.25) is 0 Å². The summed E-state index contributed by atoms with van der Waals surface area (Å²) in [5.74, 6) is -0.791. The number of nitrogens with two attached hydrogens (primary N) is 1. The molecule has 13 heteroatoms. The summed E-state index contributed by atoms with van der Waals surface area (Å²) >= 11 is 0. The van der Waals surface area contributed by atoms with Gasteiger partial charge in [0.15, 0.2) is 11.9 Å². The molecule has 0 unspecified atom stereocenters. The fourth-order valence-corrected chi connectivity index (χ4v) is 3.34. The number of fused-ring (bicyclic) bond motifs is 1. The molecule has 0 amide bonds. The minimum Gasteiger partial charge on any atom is -0.454 e. The molecule has 3 aromatic heterocycles. The third kappa shape index (κ3) is 3.94. The van der Waals surface area contributed by atoms with Gasteiger partial charge in [0.05, 0.1) is 28.5 Å². The number of alkyl halides is 3. The van der Waals surface area contributed by atoms with Gasteiger partial charge in [0, 0.05) is 12.6 Å². The van der Waals surface area contributed by atoms with Crippen molar-refractivity contribution in [1.29, 1.82) is 5.26 Å². The summed E-state index contributed by atoms with van der Waals surface area (Å²) in [6.07, 6.45) is -1.65. The number of aromatic nitrogens is 4. The summed E-state index contributed by atoms with van der Waals surface area (Å²) in [5.41, 5.74) is 4.66. The van der Waals surface area contributed by atoms with E-state index < -0.39 is 36.2 Å². The lowest BCUT2D eigenvalue weighted by atomic mass is 9.88. The van der Waals surface area contributed by atoms with Crippen LogP contribution in [0.1, 0.15) is 24.5 Å². The van der Waals surface area contributed by atoms with Crippen LogP contribution < -0.4 is 11.1 Å². The van der Waals surface area contributed by atoms with E-state index in [1.54, 1.807) is 0 Å². The molecule has 0 saturated heterocycles. The van der Waals surface area contributed by atoms with Gasteiger partial charge in [0.1, 0.15) is 23.5 Å². The van der Waals surface area contributed by atoms with Crippen molar-refractivity contribution in [1.82, 2.24) is 19.9 Å². The highest BCUT2D eigenvalue weighted by Gasteiger charge is 2.49. The van der Waals surface area contributed by atoms with Gasteiger partial charge in [0.25, 0.3) is 6.02 Å². The topological polar surface area (TPSA) is 135 Å². The van der Waals surface area contributed by atoms with Crippen LogP contribution in [-0.4, -0.2) is 38.2 Å². The van der Waals surface area contributed by atoms with Crippen molar-refractivity contribution in [2.45, 2.75) is 31.2 Å². The third-order valence-corrected chi connectivity index (χ3v) is 4.85. The van der Waals surface area contributed by atoms with Crippen molar-refractivity contribution in [3.8, 4) is 6.07 Å². The number of nitriles is 1. The smallest absolute Gasteiger partial charge is 0.411 e. The van der Waals surface area contributed by atoms with E-state index in [1.165, 1.54) is 31.6 Å². The molecule has 0 aromatic carbocycles. The Morgan fingerprint density at radius 2 is 2.00 bits per heavy atom. The number of ether oxygens (including phenoxy) is 1. The summed E-state index contributed by atoms with van der Waals surface area (Å²) in [5, 5.41) is 11.9. The largest absolute Gasteiger partial charge is 0.454 e. The SMILES string of the molecule is C[C@@]1(c2cc(Nc3ncnc4cc(C#N)cnc34)cnc2F)C[C@@H](C(F)(F)F)N=C(N)O1. The zero-order valence-corrected chi connectivity index (χ0v) is 16.4. The summed E-state index contributed by atoms with van der Waals surface area (Å²) in [7, 11) is 0. The van der Waals surface area contributed by atoms with Crippen LogP contribution in [-0.2, 0) is 10.3 Å². The van der Waals surface area contributed by atoms with Gasteiger partial charge in [-0.25, -0.2) is 24.9 Å². The molecule has 3 aromatic rings. The van der Waals surface area contributed by atoms with Gasteiger partial charge < -0.3 is 15.8 Å². The minimum atomic E-state index is -4.68. The lowest BCUT2D eigenvalue weighted by Crippen LogP contribution is -2.46. The van der Waals surface area contributed by atoms with Crippen molar-refractivity contribution in [2.24, 2.45) is 10.7 Å². The van der Waals surface area contributed by atoms with Crippen molar-refractivity contribution in [2.75, 3.05) is 5.32 Å². The first-order valence-electron chi connectivity index (χ1n) is 9.12. The van der Waals surface area contributed by atoms with Crippen LogP contribution in [0.15, 0.2) is 35.8 Å². The van der Waals surface area contributed by atoms with Crippen LogP contribution >= 0.6 is 0 Å². The molecular formula is C19H14F4N8O. The molecule has 0 saturated carbocycles. The van der Waals surface area contributed by atoms with E-state index in [0.29, 0.717) is 16.6 Å². The lowest BCUT2D eigenvalue weighted by molar-refractivity contribution is -0.164. The minimum absolute atomic E-state index is 0.210. The van der Waals surface area contributed by atoms with Gasteiger partial charge in [-0.05, 0) is 19.1 Å². The number of nitrogens with one attached hydrogen (secondary N) is 1. The van der Waals surface area contributed by atoms with Crippen molar-refractivity contribution in [3.05, 3.63) is 47.9 Å². The van der Waals surface area contributed by atoms with E-state index in [9.17, 15) is 17.6 Å². The number of aliphatic imine (C=N–C) groups is 1. The normalized spacial score (nSPS) is 20.9. The highest BCUT2D eigenvalue weighted by molar-refractivity contribution is 5.87. The van der Waals surface area contributed by atoms with E-state index in [1.807, 2.05) is 6.07 Å². The van der Waals surface area contributed by atoms with E-state index >= 15 is 0 Å². The van der Waals surface area contributed by atoms with Crippen LogP contribution in [0.25, 0.3) is 11.0 Å². The Kier molecular flexibility index (Phi) is 5.00. The number of rotatable bonds is 3. The molecule has 32 heavy (non-hydrogen) atoms. The number of pyridine rings is 2. The van der Waals surface area contributed by atoms with E-state index in [0.717, 1.165) is 6.20 Å². The Hall–Kier alpha value is -4.08. The second-order valence-electron chi connectivity index (χ2n) is 7.17. The van der Waals surface area contributed by atoms with Crippen molar-refractivity contribution >= 4 is 28.6 Å². The van der Waals surface area contributed by atoms with Crippen LogP contribution in [0.2, 0.25) is 0 Å². The average Bonchev–Trinajstić information content (AvgIpc) is 2.73. The first kappa shape index (κ1) is 21.2. The molecule has 3 N–H and O–H groups in total. The third-order valence-electron chi connectivity index (χ3n) is 4.85. The standard InChI is InChI=1S/C19H14F4N8O/c1-18(4-13(19(21,22)23)31-17(25)32-18)11-3-10(7-27-15(11)20)30-16-14-12(28-8-29-16)2-9(5-24)6-26-14/h2-3,6-8,13H,4H2,1H3,(H2,25,31)(H,28,29,30)/t13-,18-/m0/s1. The highest BCUT2D eigenvalue weighted by Crippen LogP contribution is 2.41. The summed E-state index contributed by atoms with van der Waals surface area (Å²) in [6, 6.07) is 1.87. The molecule has 0 fully saturated rings. The zero-order valence-electron chi connectivity index (χ0n) is 16.4. The lowest BCUT2D eigenvalue weighted by Gasteiger charge is -2.37. The van der Waals surface area contributed by atoms with E-state index in [4.69, 9.17) is 15.7 Å². The van der Waals surface area contributed by atoms with Gasteiger partial charge >= 0.3 is 6.18 Å². The van der Waals surface area contributed by atoms with Gasteiger partial charge in [0.2, 0.25) is 5.95 Å². The predicted octanol–water partition coefficient (Wildman–Crippen LogP) is 3.06. The predicted molar refractivity (Wildman–Crippen MR) is 104 cm³/mol. The molecule has 2 atom stereocenters. The summed E-state index contributed by atoms with van der Waals surface area (Å²) < 4.78 is 59.7. The van der Waals surface area contributed by atoms with E-state index in [2.05, 4.69) is 30.2 Å². The van der Waals surface area contributed by atoms with Crippen molar-refractivity contribution in [3.63, 3.8) is 0 Å². The molecule has 4 rings (SSSR count). The van der Waals surface area contributed by atoms with Crippen LogP contribution in [0, 0.1) is 17.3 Å². The Labute approximate surface area is 178 Å². The van der Waals surface area contributed by atoms with Crippen LogP contribution in [0.5, 0.6) is 0 Å². The second kappa shape index (κ2) is 7.56. The number of anilines is 2. The Morgan fingerprint density at radius 1 is 1.22 bits per heavy atom. The first-order valence-corrected chi connectivity index (χ1v) is 9.12. The Balaban J connectivity index is 1.71. The summed E-state index contributed by atoms with van der Waals surface area (Å²) in [6.45, 7) is 1.28. The molecule has 0 bridgehead atoms. The van der Waals surface area contributed by atoms with E-state index in [-0.39, 0.29) is 17.1 Å². The summed E-state index contributed by atoms with van der Waals surface area (Å²) in [4.78, 5) is 19.2. The maximum Gasteiger partial charge on any atom is 0.411 e. The van der Waals surface area contributed by atoms with Gasteiger partial charge in [-0.2, -0.15) is 22.8 Å². The number of halogens is 4. The van der Waals surface area contributed by atoms with Crippen LogP contribution in [0.4, 0.5) is 29.1 Å². The zero-order chi connectivity index (χ0) is 23.1. The number of amidine groups is 1. The van der Waals surface area contributed by atoms with Crippen molar-refractivity contribution < 1.29 is 22.3 Å². The maximum absolute atomic E-state index is 14.6. The number of hydrogen-bond donors (Lipinski definition) is 2. The van der Waals surface area contributed by atoms with Crippen LogP contribution in [0.3, 0.4) is 0 Å². The number of nitrogens with zero attached hydrogens (tertiary/aromatic N) is 6. The van der Waals surface area contributed by atoms with Gasteiger partial charge in [-0.15, -0.1) is 0 Å².